The molecule has 0 saturated heterocycles. The molecular weight excluding hydrogens is 436 g/mol. The summed E-state index contributed by atoms with van der Waals surface area (Å²) in [6.45, 7) is 4.12. The SMILES string of the molecule is CCC1(C(Nc2c(Nc3ccnc(C(=O)N(C)C)c3O)c(=O)c2=O)c2nn(C)cc2C)CCC1. The zero-order chi connectivity index (χ0) is 24.8. The van der Waals surface area contributed by atoms with E-state index in [0.717, 1.165) is 36.9 Å². The maximum absolute atomic E-state index is 12.6. The van der Waals surface area contributed by atoms with Crippen LogP contribution in [0.15, 0.2) is 28.0 Å². The molecule has 10 heteroatoms. The number of carbonyl (C=O) groups excluding carboxylic acids is 1. The number of hydrogen-bond donors (Lipinski definition) is 3. The lowest BCUT2D eigenvalue weighted by atomic mass is 9.61. The summed E-state index contributed by atoms with van der Waals surface area (Å²) >= 11 is 0. The highest BCUT2D eigenvalue weighted by atomic mass is 16.3. The van der Waals surface area contributed by atoms with Crippen molar-refractivity contribution in [2.24, 2.45) is 12.5 Å². The van der Waals surface area contributed by atoms with Gasteiger partial charge in [-0.3, -0.25) is 19.1 Å². The Morgan fingerprint density at radius 2 is 1.94 bits per heavy atom. The van der Waals surface area contributed by atoms with Gasteiger partial charge in [-0.25, -0.2) is 4.98 Å². The van der Waals surface area contributed by atoms with Crippen LogP contribution in [0.4, 0.5) is 17.1 Å². The summed E-state index contributed by atoms with van der Waals surface area (Å²) in [7, 11) is 4.95. The molecule has 1 aromatic carbocycles. The van der Waals surface area contributed by atoms with E-state index in [1.165, 1.54) is 17.2 Å². The second-order valence-electron chi connectivity index (χ2n) is 9.31. The molecule has 0 radical (unpaired) electrons. The first-order chi connectivity index (χ1) is 16.1. The fourth-order valence-electron chi connectivity index (χ4n) is 4.75. The van der Waals surface area contributed by atoms with E-state index in [1.807, 2.05) is 20.2 Å². The summed E-state index contributed by atoms with van der Waals surface area (Å²) in [5.74, 6) is -0.869. The van der Waals surface area contributed by atoms with Crippen molar-refractivity contribution in [3.05, 3.63) is 55.9 Å². The van der Waals surface area contributed by atoms with Crippen molar-refractivity contribution in [3.63, 3.8) is 0 Å². The Morgan fingerprint density at radius 3 is 2.47 bits per heavy atom. The Hall–Kier alpha value is -3.69. The first-order valence-corrected chi connectivity index (χ1v) is 11.4. The minimum Gasteiger partial charge on any atom is -0.504 e. The van der Waals surface area contributed by atoms with E-state index in [2.05, 4.69) is 27.6 Å². The van der Waals surface area contributed by atoms with Crippen LogP contribution < -0.4 is 21.5 Å². The van der Waals surface area contributed by atoms with Gasteiger partial charge >= 0.3 is 0 Å². The van der Waals surface area contributed by atoms with E-state index in [9.17, 15) is 19.5 Å². The van der Waals surface area contributed by atoms with Gasteiger partial charge in [-0.2, -0.15) is 5.10 Å². The normalized spacial score (nSPS) is 15.6. The Morgan fingerprint density at radius 1 is 1.26 bits per heavy atom. The van der Waals surface area contributed by atoms with Crippen molar-refractivity contribution >= 4 is 23.0 Å². The summed E-state index contributed by atoms with van der Waals surface area (Å²) in [4.78, 5) is 42.7. The second kappa shape index (κ2) is 8.58. The Balaban J connectivity index is 1.70. The summed E-state index contributed by atoms with van der Waals surface area (Å²) in [6.07, 6.45) is 7.29. The van der Waals surface area contributed by atoms with Gasteiger partial charge in [0.1, 0.15) is 11.4 Å². The largest absolute Gasteiger partial charge is 0.504 e. The van der Waals surface area contributed by atoms with E-state index in [4.69, 9.17) is 0 Å². The third kappa shape index (κ3) is 3.72. The number of aromatic hydroxyl groups is 1. The topological polar surface area (TPSA) is 129 Å². The van der Waals surface area contributed by atoms with Crippen LogP contribution in [-0.2, 0) is 7.05 Å². The number of aromatic nitrogens is 3. The molecule has 4 rings (SSSR count). The van der Waals surface area contributed by atoms with Crippen LogP contribution in [0.25, 0.3) is 0 Å². The van der Waals surface area contributed by atoms with Crippen LogP contribution in [0, 0.1) is 12.3 Å². The van der Waals surface area contributed by atoms with Crippen LogP contribution >= 0.6 is 0 Å². The highest BCUT2D eigenvalue weighted by molar-refractivity contribution is 5.97. The zero-order valence-corrected chi connectivity index (χ0v) is 20.1. The Labute approximate surface area is 197 Å². The lowest BCUT2D eigenvalue weighted by Gasteiger charge is -2.47. The molecule has 1 fully saturated rings. The van der Waals surface area contributed by atoms with Crippen LogP contribution in [0.5, 0.6) is 5.75 Å². The molecule has 2 heterocycles. The number of anilines is 3. The van der Waals surface area contributed by atoms with Crippen molar-refractivity contribution < 1.29 is 9.90 Å². The Kier molecular flexibility index (Phi) is 5.93. The molecule has 34 heavy (non-hydrogen) atoms. The highest BCUT2D eigenvalue weighted by Crippen LogP contribution is 2.54. The molecule has 3 N–H and O–H groups in total. The van der Waals surface area contributed by atoms with Crippen molar-refractivity contribution in [2.75, 3.05) is 24.7 Å². The first-order valence-electron chi connectivity index (χ1n) is 11.4. The molecule has 1 unspecified atom stereocenters. The summed E-state index contributed by atoms with van der Waals surface area (Å²) in [5.41, 5.74) is 0.676. The molecular formula is C24H30N6O4. The molecule has 1 aliphatic carbocycles. The van der Waals surface area contributed by atoms with E-state index in [-0.39, 0.29) is 40.0 Å². The first kappa shape index (κ1) is 23.5. The monoisotopic (exact) mass is 466 g/mol. The molecule has 180 valence electrons. The van der Waals surface area contributed by atoms with Gasteiger partial charge in [0.15, 0.2) is 11.4 Å². The second-order valence-corrected chi connectivity index (χ2v) is 9.31. The predicted octanol–water partition coefficient (Wildman–Crippen LogP) is 2.60. The van der Waals surface area contributed by atoms with Gasteiger partial charge in [-0.05, 0) is 43.2 Å². The average molecular weight is 467 g/mol. The standard InChI is InChI=1S/C24H30N6O4/c1-6-24(9-7-10-24)22(15-13(2)12-30(5)28-15)27-17-16(20(32)21(17)33)26-14-8-11-25-18(19(14)31)23(34)29(3)4/h8,11-12,22,27,31H,6-7,9-10H2,1-5H3,(H,25,26). The predicted molar refractivity (Wildman–Crippen MR) is 129 cm³/mol. The minimum atomic E-state index is -0.685. The fourth-order valence-corrected chi connectivity index (χ4v) is 4.75. The molecule has 10 nitrogen and oxygen atoms in total. The maximum atomic E-state index is 12.6. The average Bonchev–Trinajstić information content (AvgIpc) is 3.11. The van der Waals surface area contributed by atoms with Gasteiger partial charge in [0.25, 0.3) is 16.8 Å². The molecule has 1 aliphatic rings. The number of nitrogens with zero attached hydrogens (tertiary/aromatic N) is 4. The molecule has 1 saturated carbocycles. The third-order valence-electron chi connectivity index (χ3n) is 6.98. The number of pyridine rings is 1. The number of rotatable bonds is 8. The molecule has 3 aromatic rings. The van der Waals surface area contributed by atoms with E-state index < -0.39 is 16.8 Å². The number of carbonyl (C=O) groups is 1. The van der Waals surface area contributed by atoms with Gasteiger partial charge in [0.05, 0.1) is 17.4 Å². The van der Waals surface area contributed by atoms with Gasteiger partial charge < -0.3 is 20.6 Å². The van der Waals surface area contributed by atoms with Crippen LogP contribution in [0.1, 0.15) is 60.4 Å². The zero-order valence-electron chi connectivity index (χ0n) is 20.1. The molecule has 1 amide bonds. The highest BCUT2D eigenvalue weighted by Gasteiger charge is 2.46. The van der Waals surface area contributed by atoms with Crippen molar-refractivity contribution in [1.82, 2.24) is 19.7 Å². The molecule has 0 aliphatic heterocycles. The Bertz CT molecular complexity index is 1310. The molecule has 0 spiro atoms. The van der Waals surface area contributed by atoms with E-state index >= 15 is 0 Å². The van der Waals surface area contributed by atoms with Gasteiger partial charge in [-0.1, -0.05) is 13.3 Å². The number of hydrogen-bond acceptors (Lipinski definition) is 8. The van der Waals surface area contributed by atoms with Gasteiger partial charge in [-0.15, -0.1) is 0 Å². The van der Waals surface area contributed by atoms with E-state index in [0.29, 0.717) is 0 Å². The van der Waals surface area contributed by atoms with Crippen LogP contribution in [0.2, 0.25) is 0 Å². The number of aryl methyl sites for hydroxylation is 2. The molecule has 0 bridgehead atoms. The quantitative estimate of drug-likeness (QED) is 0.432. The van der Waals surface area contributed by atoms with E-state index in [1.54, 1.807) is 18.8 Å². The third-order valence-corrected chi connectivity index (χ3v) is 6.98. The number of amides is 1. The van der Waals surface area contributed by atoms with Gasteiger partial charge in [0.2, 0.25) is 0 Å². The summed E-state index contributed by atoms with van der Waals surface area (Å²) in [6, 6.07) is 1.20. The lowest BCUT2D eigenvalue weighted by molar-refractivity contribution is 0.0818. The maximum Gasteiger partial charge on any atom is 0.275 e. The molecule has 2 aromatic heterocycles. The van der Waals surface area contributed by atoms with Gasteiger partial charge in [0, 0.05) is 33.5 Å². The van der Waals surface area contributed by atoms with Crippen molar-refractivity contribution in [3.8, 4) is 5.75 Å². The molecule has 1 atom stereocenters. The smallest absolute Gasteiger partial charge is 0.275 e. The van der Waals surface area contributed by atoms with Crippen molar-refractivity contribution in [2.45, 2.75) is 45.6 Å². The van der Waals surface area contributed by atoms with Crippen LogP contribution in [0.3, 0.4) is 0 Å². The van der Waals surface area contributed by atoms with Crippen LogP contribution in [-0.4, -0.2) is 44.8 Å². The minimum absolute atomic E-state index is 0.0545. The summed E-state index contributed by atoms with van der Waals surface area (Å²) in [5, 5.41) is 21.5. The lowest BCUT2D eigenvalue weighted by Crippen LogP contribution is -2.44. The summed E-state index contributed by atoms with van der Waals surface area (Å²) < 4.78 is 1.75. The van der Waals surface area contributed by atoms with Crippen molar-refractivity contribution in [1.29, 1.82) is 0 Å². The fraction of sp³-hybridized carbons (Fsp3) is 0.458. The number of nitrogens with one attached hydrogen (secondary N) is 2.